The van der Waals surface area contributed by atoms with Gasteiger partial charge in [-0.1, -0.05) is 19.3 Å². The summed E-state index contributed by atoms with van der Waals surface area (Å²) in [6.07, 6.45) is 6.59. The highest BCUT2D eigenvalue weighted by molar-refractivity contribution is 8.00. The van der Waals surface area contributed by atoms with Crippen LogP contribution in [0.2, 0.25) is 0 Å². The second-order valence-electron chi connectivity index (χ2n) is 7.95. The third-order valence-corrected chi connectivity index (χ3v) is 11.2. The average Bonchev–Trinajstić information content (AvgIpc) is 2.73. The third kappa shape index (κ3) is 4.69. The molecule has 30 heavy (non-hydrogen) atoms. The Morgan fingerprint density at radius 3 is 2.13 bits per heavy atom. The van der Waals surface area contributed by atoms with E-state index in [1.807, 2.05) is 0 Å². The standard InChI is InChI=1S/C19H28N2O6S3/c1-29(24,25)21-13-11-19(12-14-21,18(22)20-23)30(26,27)17-9-7-16(8-10-17)28-15-5-3-2-4-6-15/h7-10,15,23H,2-6,11-14H2,1H3,(H,20,22). The van der Waals surface area contributed by atoms with Gasteiger partial charge < -0.3 is 0 Å². The molecular weight excluding hydrogens is 448 g/mol. The lowest BCUT2D eigenvalue weighted by atomic mass is 9.96. The van der Waals surface area contributed by atoms with E-state index in [1.54, 1.807) is 23.9 Å². The molecule has 2 fully saturated rings. The zero-order chi connectivity index (χ0) is 22.0. The van der Waals surface area contributed by atoms with Crippen LogP contribution in [0.15, 0.2) is 34.1 Å². The number of nitrogens with one attached hydrogen (secondary N) is 1. The summed E-state index contributed by atoms with van der Waals surface area (Å²) in [5.41, 5.74) is 1.48. The van der Waals surface area contributed by atoms with E-state index >= 15 is 0 Å². The minimum Gasteiger partial charge on any atom is -0.289 e. The van der Waals surface area contributed by atoms with E-state index in [2.05, 4.69) is 0 Å². The molecule has 1 saturated carbocycles. The molecule has 1 aliphatic carbocycles. The van der Waals surface area contributed by atoms with Crippen LogP contribution in [0.4, 0.5) is 0 Å². The molecule has 1 saturated heterocycles. The van der Waals surface area contributed by atoms with Gasteiger partial charge in [0.15, 0.2) is 14.6 Å². The summed E-state index contributed by atoms with van der Waals surface area (Å²) in [5.74, 6) is -1.03. The number of piperidine rings is 1. The average molecular weight is 477 g/mol. The molecule has 1 heterocycles. The summed E-state index contributed by atoms with van der Waals surface area (Å²) in [6, 6.07) is 6.50. The van der Waals surface area contributed by atoms with Crippen molar-refractivity contribution in [3.63, 3.8) is 0 Å². The molecule has 0 unspecified atom stereocenters. The lowest BCUT2D eigenvalue weighted by Crippen LogP contribution is -2.58. The van der Waals surface area contributed by atoms with E-state index in [-0.39, 0.29) is 30.8 Å². The van der Waals surface area contributed by atoms with Crippen molar-refractivity contribution in [3.8, 4) is 0 Å². The minimum atomic E-state index is -4.16. The molecule has 0 atom stereocenters. The molecule has 1 aromatic carbocycles. The number of hydrogen-bond acceptors (Lipinski definition) is 7. The molecule has 0 radical (unpaired) electrons. The molecule has 168 valence electrons. The molecule has 1 amide bonds. The van der Waals surface area contributed by atoms with Gasteiger partial charge in [-0.3, -0.25) is 10.0 Å². The Kier molecular flexibility index (Phi) is 7.18. The van der Waals surface area contributed by atoms with Crippen LogP contribution in [-0.4, -0.2) is 61.6 Å². The zero-order valence-corrected chi connectivity index (χ0v) is 19.4. The largest absolute Gasteiger partial charge is 0.289 e. The van der Waals surface area contributed by atoms with Crippen LogP contribution in [0.25, 0.3) is 0 Å². The van der Waals surface area contributed by atoms with Crippen LogP contribution in [0.3, 0.4) is 0 Å². The molecule has 0 spiro atoms. The summed E-state index contributed by atoms with van der Waals surface area (Å²) in [7, 11) is -7.65. The number of carbonyl (C=O) groups excluding carboxylic acids is 1. The zero-order valence-electron chi connectivity index (χ0n) is 16.9. The topological polar surface area (TPSA) is 121 Å². The molecule has 3 rings (SSSR count). The Morgan fingerprint density at radius 1 is 1.07 bits per heavy atom. The maximum Gasteiger partial charge on any atom is 0.265 e. The van der Waals surface area contributed by atoms with Gasteiger partial charge in [-0.2, -0.15) is 0 Å². The third-order valence-electron chi connectivity index (χ3n) is 6.02. The maximum atomic E-state index is 13.4. The summed E-state index contributed by atoms with van der Waals surface area (Å²) < 4.78 is 49.6. The number of sulfone groups is 1. The molecule has 8 nitrogen and oxygen atoms in total. The molecule has 0 aromatic heterocycles. The highest BCUT2D eigenvalue weighted by atomic mass is 32.2. The van der Waals surface area contributed by atoms with Crippen LogP contribution in [-0.2, 0) is 24.7 Å². The van der Waals surface area contributed by atoms with Gasteiger partial charge in [0.05, 0.1) is 11.2 Å². The second-order valence-corrected chi connectivity index (χ2v) is 13.6. The van der Waals surface area contributed by atoms with Crippen molar-refractivity contribution in [3.05, 3.63) is 24.3 Å². The van der Waals surface area contributed by atoms with Gasteiger partial charge in [-0.25, -0.2) is 26.6 Å². The number of benzene rings is 1. The number of nitrogens with zero attached hydrogens (tertiary/aromatic N) is 1. The van der Waals surface area contributed by atoms with Gasteiger partial charge in [0, 0.05) is 23.2 Å². The van der Waals surface area contributed by atoms with E-state index in [0.717, 1.165) is 28.3 Å². The molecular formula is C19H28N2O6S3. The van der Waals surface area contributed by atoms with E-state index in [4.69, 9.17) is 0 Å². The quantitative estimate of drug-likeness (QED) is 0.477. The Morgan fingerprint density at radius 2 is 1.63 bits per heavy atom. The highest BCUT2D eigenvalue weighted by Gasteiger charge is 2.53. The first kappa shape index (κ1) is 23.5. The smallest absolute Gasteiger partial charge is 0.265 e. The molecule has 1 aromatic rings. The Hall–Kier alpha value is -1.14. The number of sulfonamides is 1. The Labute approximate surface area is 182 Å². The molecule has 2 N–H and O–H groups in total. The van der Waals surface area contributed by atoms with Crippen LogP contribution in [0.5, 0.6) is 0 Å². The van der Waals surface area contributed by atoms with Crippen LogP contribution in [0, 0.1) is 0 Å². The number of rotatable bonds is 6. The van der Waals surface area contributed by atoms with E-state index in [0.29, 0.717) is 5.25 Å². The van der Waals surface area contributed by atoms with Gasteiger partial charge in [0.25, 0.3) is 5.91 Å². The predicted octanol–water partition coefficient (Wildman–Crippen LogP) is 2.18. The van der Waals surface area contributed by atoms with Crippen molar-refractivity contribution >= 4 is 37.5 Å². The number of amides is 1. The summed E-state index contributed by atoms with van der Waals surface area (Å²) in [4.78, 5) is 13.5. The van der Waals surface area contributed by atoms with Crippen LogP contribution >= 0.6 is 11.8 Å². The number of carbonyl (C=O) groups is 1. The lowest BCUT2D eigenvalue weighted by Gasteiger charge is -2.38. The van der Waals surface area contributed by atoms with Crippen molar-refractivity contribution in [1.29, 1.82) is 0 Å². The fraction of sp³-hybridized carbons (Fsp3) is 0.632. The molecule has 0 bridgehead atoms. The van der Waals surface area contributed by atoms with Gasteiger partial charge in [0.2, 0.25) is 10.0 Å². The van der Waals surface area contributed by atoms with Crippen molar-refractivity contribution in [2.45, 2.75) is 64.7 Å². The fourth-order valence-electron chi connectivity index (χ4n) is 4.20. The number of thioether (sulfide) groups is 1. The highest BCUT2D eigenvalue weighted by Crippen LogP contribution is 2.38. The maximum absolute atomic E-state index is 13.4. The summed E-state index contributed by atoms with van der Waals surface area (Å²) in [5, 5.41) is 9.75. The molecule has 2 aliphatic rings. The molecule has 1 aliphatic heterocycles. The monoisotopic (exact) mass is 476 g/mol. The fourth-order valence-corrected chi connectivity index (χ4v) is 8.25. The van der Waals surface area contributed by atoms with Gasteiger partial charge in [-0.15, -0.1) is 11.8 Å². The van der Waals surface area contributed by atoms with Crippen molar-refractivity contribution in [1.82, 2.24) is 9.79 Å². The normalized spacial score (nSPS) is 21.3. The lowest BCUT2D eigenvalue weighted by molar-refractivity contribution is -0.133. The first-order valence-corrected chi connectivity index (χ1v) is 14.2. The van der Waals surface area contributed by atoms with Gasteiger partial charge >= 0.3 is 0 Å². The summed E-state index contributed by atoms with van der Waals surface area (Å²) in [6.45, 7) is -0.220. The van der Waals surface area contributed by atoms with E-state index < -0.39 is 30.5 Å². The van der Waals surface area contributed by atoms with Gasteiger partial charge in [0.1, 0.15) is 0 Å². The predicted molar refractivity (Wildman–Crippen MR) is 115 cm³/mol. The van der Waals surface area contributed by atoms with Crippen LogP contribution in [0.1, 0.15) is 44.9 Å². The van der Waals surface area contributed by atoms with Crippen molar-refractivity contribution in [2.75, 3.05) is 19.3 Å². The van der Waals surface area contributed by atoms with Crippen molar-refractivity contribution in [2.24, 2.45) is 0 Å². The van der Waals surface area contributed by atoms with E-state index in [9.17, 15) is 26.8 Å². The number of hydrogen-bond donors (Lipinski definition) is 2. The second kappa shape index (κ2) is 9.15. The first-order valence-electron chi connectivity index (χ1n) is 10.0. The minimum absolute atomic E-state index is 0.00750. The SMILES string of the molecule is CS(=O)(=O)N1CCC(C(=O)NO)(S(=O)(=O)c2ccc(SC3CCCCC3)cc2)CC1. The molecule has 11 heteroatoms. The van der Waals surface area contributed by atoms with Crippen molar-refractivity contribution < 1.29 is 26.8 Å². The Bertz CT molecular complexity index is 962. The Balaban J connectivity index is 1.84. The summed E-state index contributed by atoms with van der Waals surface area (Å²) >= 11 is 1.74. The van der Waals surface area contributed by atoms with Gasteiger partial charge in [-0.05, 0) is 49.9 Å². The first-order chi connectivity index (χ1) is 14.1. The number of hydroxylamine groups is 1. The van der Waals surface area contributed by atoms with Crippen LogP contribution < -0.4 is 5.48 Å². The van der Waals surface area contributed by atoms with E-state index in [1.165, 1.54) is 36.9 Å².